The minimum Gasteiger partial charge on any atom is -0.481 e. The van der Waals surface area contributed by atoms with Gasteiger partial charge in [-0.15, -0.1) is 0 Å². The molecule has 1 rings (SSSR count). The minimum absolute atomic E-state index is 0.0829. The molecule has 0 aromatic carbocycles. The minimum atomic E-state index is -0.807. The zero-order valence-corrected chi connectivity index (χ0v) is 10.1. The van der Waals surface area contributed by atoms with Gasteiger partial charge in [-0.2, -0.15) is 0 Å². The molecule has 4 nitrogen and oxygen atoms in total. The van der Waals surface area contributed by atoms with Crippen LogP contribution in [0, 0.1) is 6.92 Å². The first kappa shape index (κ1) is 12.5. The molecule has 1 N–H and O–H groups in total. The number of nitrogens with zero attached hydrogens (tertiary/aromatic N) is 1. The standard InChI is InChI=1S/C12H17NO3/c1-8-5-9(6-10(13-8)16-4)12(2,3)7-11(14)15/h5-6H,7H2,1-4H3,(H,14,15). The van der Waals surface area contributed by atoms with Gasteiger partial charge in [0.1, 0.15) is 0 Å². The van der Waals surface area contributed by atoms with Crippen molar-refractivity contribution in [2.75, 3.05) is 7.11 Å². The summed E-state index contributed by atoms with van der Waals surface area (Å²) in [7, 11) is 1.55. The Morgan fingerprint density at radius 3 is 2.62 bits per heavy atom. The SMILES string of the molecule is COc1cc(C(C)(C)CC(=O)O)cc(C)n1. The summed E-state index contributed by atoms with van der Waals surface area (Å²) in [5, 5.41) is 8.86. The molecule has 88 valence electrons. The van der Waals surface area contributed by atoms with Crippen LogP contribution in [0.25, 0.3) is 0 Å². The lowest BCUT2D eigenvalue weighted by molar-refractivity contribution is -0.138. The third-order valence-electron chi connectivity index (χ3n) is 2.51. The summed E-state index contributed by atoms with van der Waals surface area (Å²) >= 11 is 0. The molecule has 0 spiro atoms. The molecule has 0 aliphatic carbocycles. The van der Waals surface area contributed by atoms with Crippen LogP contribution in [-0.2, 0) is 10.2 Å². The van der Waals surface area contributed by atoms with Crippen LogP contribution < -0.4 is 4.74 Å². The van der Waals surface area contributed by atoms with Crippen molar-refractivity contribution in [1.29, 1.82) is 0 Å². The zero-order valence-electron chi connectivity index (χ0n) is 10.1. The summed E-state index contributed by atoms with van der Waals surface area (Å²) in [4.78, 5) is 15.0. The largest absolute Gasteiger partial charge is 0.481 e. The number of aryl methyl sites for hydroxylation is 1. The molecular formula is C12H17NO3. The van der Waals surface area contributed by atoms with Crippen molar-refractivity contribution in [3.05, 3.63) is 23.4 Å². The Labute approximate surface area is 95.3 Å². The molecule has 0 aliphatic heterocycles. The molecule has 0 bridgehead atoms. The van der Waals surface area contributed by atoms with Gasteiger partial charge < -0.3 is 9.84 Å². The van der Waals surface area contributed by atoms with Crippen molar-refractivity contribution in [1.82, 2.24) is 4.98 Å². The van der Waals surface area contributed by atoms with Crippen LogP contribution >= 0.6 is 0 Å². The van der Waals surface area contributed by atoms with Gasteiger partial charge in [-0.3, -0.25) is 4.79 Å². The highest BCUT2D eigenvalue weighted by Gasteiger charge is 2.25. The van der Waals surface area contributed by atoms with E-state index in [1.807, 2.05) is 26.8 Å². The summed E-state index contributed by atoms with van der Waals surface area (Å²) in [6.07, 6.45) is 0.0829. The molecule has 0 saturated heterocycles. The van der Waals surface area contributed by atoms with Crippen LogP contribution in [0.15, 0.2) is 12.1 Å². The number of hydrogen-bond donors (Lipinski definition) is 1. The molecule has 0 unspecified atom stereocenters. The van der Waals surface area contributed by atoms with E-state index < -0.39 is 11.4 Å². The Balaban J connectivity index is 3.11. The number of carboxylic acid groups (broad SMARTS) is 1. The lowest BCUT2D eigenvalue weighted by Gasteiger charge is -2.23. The van der Waals surface area contributed by atoms with Crippen molar-refractivity contribution in [3.63, 3.8) is 0 Å². The van der Waals surface area contributed by atoms with Gasteiger partial charge in [0.15, 0.2) is 0 Å². The highest BCUT2D eigenvalue weighted by molar-refractivity contribution is 5.68. The van der Waals surface area contributed by atoms with Gasteiger partial charge in [0.05, 0.1) is 13.5 Å². The van der Waals surface area contributed by atoms with Crippen molar-refractivity contribution in [2.45, 2.75) is 32.6 Å². The molecule has 0 radical (unpaired) electrons. The summed E-state index contributed by atoms with van der Waals surface area (Å²) in [5.74, 6) is -0.285. The van der Waals surface area contributed by atoms with E-state index in [-0.39, 0.29) is 6.42 Å². The van der Waals surface area contributed by atoms with Gasteiger partial charge in [0.2, 0.25) is 5.88 Å². The zero-order chi connectivity index (χ0) is 12.3. The van der Waals surface area contributed by atoms with Crippen LogP contribution in [0.3, 0.4) is 0 Å². The van der Waals surface area contributed by atoms with Crippen LogP contribution in [0.5, 0.6) is 5.88 Å². The number of carboxylic acids is 1. The van der Waals surface area contributed by atoms with E-state index in [1.54, 1.807) is 13.2 Å². The molecule has 4 heteroatoms. The van der Waals surface area contributed by atoms with Gasteiger partial charge in [0, 0.05) is 17.2 Å². The maximum atomic E-state index is 10.8. The summed E-state index contributed by atoms with van der Waals surface area (Å²) in [6, 6.07) is 3.68. The molecule has 1 heterocycles. The second-order valence-electron chi connectivity index (χ2n) is 4.49. The number of hydrogen-bond acceptors (Lipinski definition) is 3. The second-order valence-corrected chi connectivity index (χ2v) is 4.49. The lowest BCUT2D eigenvalue weighted by atomic mass is 9.82. The first-order chi connectivity index (χ1) is 7.35. The summed E-state index contributed by atoms with van der Waals surface area (Å²) in [6.45, 7) is 5.66. The maximum Gasteiger partial charge on any atom is 0.304 e. The predicted molar refractivity (Wildman–Crippen MR) is 60.8 cm³/mol. The summed E-state index contributed by atoms with van der Waals surface area (Å²) in [5.41, 5.74) is 1.33. The van der Waals surface area contributed by atoms with Crippen LogP contribution in [0.4, 0.5) is 0 Å². The van der Waals surface area contributed by atoms with E-state index in [0.717, 1.165) is 11.3 Å². The van der Waals surface area contributed by atoms with Crippen molar-refractivity contribution < 1.29 is 14.6 Å². The van der Waals surface area contributed by atoms with Crippen LogP contribution in [0.2, 0.25) is 0 Å². The fourth-order valence-corrected chi connectivity index (χ4v) is 1.61. The fraction of sp³-hybridized carbons (Fsp3) is 0.500. The van der Waals surface area contributed by atoms with Gasteiger partial charge in [-0.05, 0) is 18.6 Å². The Kier molecular flexibility index (Phi) is 3.52. The van der Waals surface area contributed by atoms with Gasteiger partial charge in [0.25, 0.3) is 0 Å². The number of methoxy groups -OCH3 is 1. The van der Waals surface area contributed by atoms with E-state index in [2.05, 4.69) is 4.98 Å². The monoisotopic (exact) mass is 223 g/mol. The number of aliphatic carboxylic acids is 1. The quantitative estimate of drug-likeness (QED) is 0.849. The first-order valence-electron chi connectivity index (χ1n) is 5.10. The van der Waals surface area contributed by atoms with Crippen molar-refractivity contribution in [2.24, 2.45) is 0 Å². The van der Waals surface area contributed by atoms with E-state index in [9.17, 15) is 4.79 Å². The van der Waals surface area contributed by atoms with E-state index in [1.165, 1.54) is 0 Å². The number of aromatic nitrogens is 1. The predicted octanol–water partition coefficient (Wildman–Crippen LogP) is 2.15. The Bertz CT molecular complexity index is 399. The van der Waals surface area contributed by atoms with Gasteiger partial charge in [-0.25, -0.2) is 4.98 Å². The van der Waals surface area contributed by atoms with Crippen molar-refractivity contribution in [3.8, 4) is 5.88 Å². The molecule has 1 aromatic heterocycles. The van der Waals surface area contributed by atoms with E-state index in [0.29, 0.717) is 5.88 Å². The normalized spacial score (nSPS) is 11.2. The molecule has 0 amide bonds. The smallest absolute Gasteiger partial charge is 0.304 e. The highest BCUT2D eigenvalue weighted by atomic mass is 16.5. The van der Waals surface area contributed by atoms with Gasteiger partial charge in [-0.1, -0.05) is 13.8 Å². The third-order valence-corrected chi connectivity index (χ3v) is 2.51. The number of rotatable bonds is 4. The topological polar surface area (TPSA) is 59.4 Å². The number of ether oxygens (including phenoxy) is 1. The molecule has 16 heavy (non-hydrogen) atoms. The molecule has 1 aromatic rings. The Hall–Kier alpha value is -1.58. The molecule has 0 aliphatic rings. The lowest BCUT2D eigenvalue weighted by Crippen LogP contribution is -2.22. The third kappa shape index (κ3) is 2.95. The molecule has 0 saturated carbocycles. The van der Waals surface area contributed by atoms with E-state index >= 15 is 0 Å². The first-order valence-corrected chi connectivity index (χ1v) is 5.10. The van der Waals surface area contributed by atoms with Gasteiger partial charge >= 0.3 is 5.97 Å². The number of carbonyl (C=O) groups is 1. The van der Waals surface area contributed by atoms with Crippen LogP contribution in [0.1, 0.15) is 31.5 Å². The molecule has 0 atom stereocenters. The molecular weight excluding hydrogens is 206 g/mol. The fourth-order valence-electron chi connectivity index (χ4n) is 1.61. The van der Waals surface area contributed by atoms with Crippen LogP contribution in [-0.4, -0.2) is 23.2 Å². The van der Waals surface area contributed by atoms with E-state index in [4.69, 9.17) is 9.84 Å². The molecule has 0 fully saturated rings. The average molecular weight is 223 g/mol. The average Bonchev–Trinajstić information content (AvgIpc) is 2.14. The maximum absolute atomic E-state index is 10.8. The summed E-state index contributed by atoms with van der Waals surface area (Å²) < 4.78 is 5.08. The highest BCUT2D eigenvalue weighted by Crippen LogP contribution is 2.29. The Morgan fingerprint density at radius 1 is 1.50 bits per heavy atom. The number of pyridine rings is 1. The second kappa shape index (κ2) is 4.51. The van der Waals surface area contributed by atoms with Crippen molar-refractivity contribution >= 4 is 5.97 Å². The Morgan fingerprint density at radius 2 is 2.12 bits per heavy atom.